The molecule has 83 heavy (non-hydrogen) atoms. The van der Waals surface area contributed by atoms with Gasteiger partial charge in [0.05, 0.1) is 25.4 Å². The van der Waals surface area contributed by atoms with Crippen LogP contribution in [0.15, 0.2) is 36.5 Å². The zero-order chi connectivity index (χ0) is 60.3. The van der Waals surface area contributed by atoms with Crippen LogP contribution in [0.3, 0.4) is 0 Å². The molecule has 9 atom stereocenters. The fourth-order valence-electron chi connectivity index (χ4n) is 11.6. The van der Waals surface area contributed by atoms with Crippen molar-refractivity contribution in [3.63, 3.8) is 0 Å². The molecule has 11 heteroatoms. The van der Waals surface area contributed by atoms with Crippen LogP contribution in [0.4, 0.5) is 0 Å². The SMILES string of the molecule is CCCCCCCCCCCCCC/C=C\CCCCCCCCCCCCCCCCCC(O)C(=O)NC(COC1OC(CO)C(O)C(O)C1O)C(O)C(O)CCC/C=C/CC/C=C/CCCCCCCCCCCCCCCCCC. The number of carbonyl (C=O) groups excluding carboxylic acids is 1. The van der Waals surface area contributed by atoms with Gasteiger partial charge in [-0.25, -0.2) is 0 Å². The van der Waals surface area contributed by atoms with Gasteiger partial charge < -0.3 is 50.5 Å². The second kappa shape index (κ2) is 60.6. The minimum Gasteiger partial charge on any atom is -0.394 e. The van der Waals surface area contributed by atoms with E-state index >= 15 is 0 Å². The Bertz CT molecular complexity index is 1440. The van der Waals surface area contributed by atoms with Crippen molar-refractivity contribution in [2.45, 2.75) is 403 Å². The molecule has 0 aromatic rings. The molecule has 1 rings (SSSR count). The molecule has 1 saturated heterocycles. The molecule has 0 aromatic carbocycles. The number of hydrogen-bond donors (Lipinski definition) is 8. The molecule has 0 saturated carbocycles. The molecule has 1 aliphatic rings. The van der Waals surface area contributed by atoms with Crippen LogP contribution >= 0.6 is 0 Å². The topological polar surface area (TPSA) is 189 Å². The highest BCUT2D eigenvalue weighted by molar-refractivity contribution is 5.80. The highest BCUT2D eigenvalue weighted by Crippen LogP contribution is 2.24. The largest absolute Gasteiger partial charge is 0.394 e. The van der Waals surface area contributed by atoms with Crippen molar-refractivity contribution < 1.29 is 50.0 Å². The summed E-state index contributed by atoms with van der Waals surface area (Å²) in [4.78, 5) is 13.3. The summed E-state index contributed by atoms with van der Waals surface area (Å²) in [5.41, 5.74) is 0. The first-order valence-corrected chi connectivity index (χ1v) is 35.9. The maximum atomic E-state index is 13.3. The molecule has 1 fully saturated rings. The summed E-state index contributed by atoms with van der Waals surface area (Å²) < 4.78 is 11.2. The van der Waals surface area contributed by atoms with E-state index in [1.807, 2.05) is 0 Å². The molecule has 9 unspecified atom stereocenters. The number of rotatable bonds is 63. The van der Waals surface area contributed by atoms with Crippen LogP contribution in [-0.4, -0.2) is 110 Å². The lowest BCUT2D eigenvalue weighted by molar-refractivity contribution is -0.303. The maximum Gasteiger partial charge on any atom is 0.249 e. The molecule has 490 valence electrons. The standard InChI is InChI=1S/C72H137NO10/c1-3-5-7-9-11-13-15-17-19-21-23-25-27-29-30-31-32-33-34-36-38-40-42-44-46-48-50-52-54-56-58-60-65(76)71(81)73-63(62-82-72-70(80)69(79)68(78)66(61-74)83-72)67(77)64(75)59-57-55-53-51-49-47-45-43-41-39-37-35-28-26-24-22-20-18-16-14-12-10-8-6-4-2/h29-30,43,45,51,53,63-70,72,74-80H,3-28,31-42,44,46-50,52,54-62H2,1-2H3,(H,73,81)/b30-29-,45-43+,53-51+. The minimum absolute atomic E-state index is 0.248. The molecule has 0 radical (unpaired) electrons. The molecule has 11 nitrogen and oxygen atoms in total. The van der Waals surface area contributed by atoms with Crippen molar-refractivity contribution in [1.29, 1.82) is 0 Å². The lowest BCUT2D eigenvalue weighted by atomic mass is 9.98. The molecular formula is C72H137NO10. The lowest BCUT2D eigenvalue weighted by Gasteiger charge is -2.40. The number of unbranched alkanes of at least 4 members (excludes halogenated alkanes) is 45. The first-order valence-electron chi connectivity index (χ1n) is 35.9. The van der Waals surface area contributed by atoms with E-state index in [-0.39, 0.29) is 12.8 Å². The highest BCUT2D eigenvalue weighted by Gasteiger charge is 2.44. The zero-order valence-electron chi connectivity index (χ0n) is 54.2. The zero-order valence-corrected chi connectivity index (χ0v) is 54.2. The number of nitrogens with one attached hydrogen (secondary N) is 1. The first-order chi connectivity index (χ1) is 40.7. The molecule has 8 N–H and O–H groups in total. The van der Waals surface area contributed by atoms with Gasteiger partial charge in [-0.3, -0.25) is 4.79 Å². The van der Waals surface area contributed by atoms with E-state index in [0.29, 0.717) is 19.3 Å². The molecule has 0 aliphatic carbocycles. The number of ether oxygens (including phenoxy) is 2. The second-order valence-corrected chi connectivity index (χ2v) is 25.3. The molecule has 0 aromatic heterocycles. The monoisotopic (exact) mass is 1180 g/mol. The fraction of sp³-hybridized carbons (Fsp3) is 0.903. The molecule has 0 spiro atoms. The molecule has 1 amide bonds. The van der Waals surface area contributed by atoms with Crippen molar-refractivity contribution >= 4 is 5.91 Å². The summed E-state index contributed by atoms with van der Waals surface area (Å²) in [6.07, 6.45) is 66.7. The van der Waals surface area contributed by atoms with E-state index in [0.717, 1.165) is 38.5 Å². The minimum atomic E-state index is -1.67. The van der Waals surface area contributed by atoms with Crippen LogP contribution in [0.1, 0.15) is 348 Å². The van der Waals surface area contributed by atoms with Gasteiger partial charge in [0, 0.05) is 0 Å². The molecular weight excluding hydrogens is 1040 g/mol. The van der Waals surface area contributed by atoms with Crippen molar-refractivity contribution in [1.82, 2.24) is 5.32 Å². The van der Waals surface area contributed by atoms with E-state index in [4.69, 9.17) is 9.47 Å². The Kier molecular flexibility index (Phi) is 57.9. The molecule has 1 heterocycles. The van der Waals surface area contributed by atoms with E-state index < -0.39 is 74.2 Å². The van der Waals surface area contributed by atoms with Gasteiger partial charge in [-0.1, -0.05) is 307 Å². The Morgan fingerprint density at radius 3 is 1.07 bits per heavy atom. The Morgan fingerprint density at radius 1 is 0.410 bits per heavy atom. The number of amides is 1. The quantitative estimate of drug-likeness (QED) is 0.0215. The average Bonchev–Trinajstić information content (AvgIpc) is 3.69. The summed E-state index contributed by atoms with van der Waals surface area (Å²) in [6.45, 7) is 3.49. The Balaban J connectivity index is 2.21. The van der Waals surface area contributed by atoms with Crippen LogP contribution in [0.2, 0.25) is 0 Å². The van der Waals surface area contributed by atoms with E-state index in [1.54, 1.807) is 0 Å². The van der Waals surface area contributed by atoms with Crippen LogP contribution in [0.5, 0.6) is 0 Å². The van der Waals surface area contributed by atoms with Crippen molar-refractivity contribution in [2.24, 2.45) is 0 Å². The van der Waals surface area contributed by atoms with Gasteiger partial charge in [-0.2, -0.15) is 0 Å². The third-order valence-corrected chi connectivity index (χ3v) is 17.4. The van der Waals surface area contributed by atoms with Crippen molar-refractivity contribution in [2.75, 3.05) is 13.2 Å². The third kappa shape index (κ3) is 48.0. The number of allylic oxidation sites excluding steroid dienone is 6. The van der Waals surface area contributed by atoms with E-state index in [2.05, 4.69) is 55.6 Å². The fourth-order valence-corrected chi connectivity index (χ4v) is 11.6. The normalized spacial score (nSPS) is 19.2. The lowest BCUT2D eigenvalue weighted by Crippen LogP contribution is -2.60. The van der Waals surface area contributed by atoms with Gasteiger partial charge in [0.1, 0.15) is 36.6 Å². The first kappa shape index (κ1) is 79.3. The van der Waals surface area contributed by atoms with Gasteiger partial charge in [-0.15, -0.1) is 0 Å². The average molecular weight is 1180 g/mol. The predicted molar refractivity (Wildman–Crippen MR) is 349 cm³/mol. The summed E-state index contributed by atoms with van der Waals surface area (Å²) in [6, 6.07) is -1.19. The smallest absolute Gasteiger partial charge is 0.249 e. The number of aliphatic hydroxyl groups excluding tert-OH is 7. The number of aliphatic hydroxyl groups is 7. The Labute approximate surface area is 511 Å². The van der Waals surface area contributed by atoms with Gasteiger partial charge in [0.2, 0.25) is 5.91 Å². The van der Waals surface area contributed by atoms with E-state index in [9.17, 15) is 40.5 Å². The summed E-state index contributed by atoms with van der Waals surface area (Å²) in [5.74, 6) is -0.705. The van der Waals surface area contributed by atoms with Crippen LogP contribution < -0.4 is 5.32 Å². The van der Waals surface area contributed by atoms with Gasteiger partial charge in [0.25, 0.3) is 0 Å². The number of carbonyl (C=O) groups is 1. The van der Waals surface area contributed by atoms with Crippen LogP contribution in [0.25, 0.3) is 0 Å². The summed E-state index contributed by atoms with van der Waals surface area (Å²) in [5, 5.41) is 76.5. The van der Waals surface area contributed by atoms with Crippen molar-refractivity contribution in [3.8, 4) is 0 Å². The van der Waals surface area contributed by atoms with Gasteiger partial charge in [-0.05, 0) is 77.0 Å². The maximum absolute atomic E-state index is 13.3. The van der Waals surface area contributed by atoms with Gasteiger partial charge in [0.15, 0.2) is 6.29 Å². The highest BCUT2D eigenvalue weighted by atomic mass is 16.7. The number of hydrogen-bond acceptors (Lipinski definition) is 10. The van der Waals surface area contributed by atoms with E-state index in [1.165, 1.54) is 263 Å². The summed E-state index contributed by atoms with van der Waals surface area (Å²) >= 11 is 0. The predicted octanol–water partition coefficient (Wildman–Crippen LogP) is 17.4. The van der Waals surface area contributed by atoms with Gasteiger partial charge >= 0.3 is 0 Å². The Morgan fingerprint density at radius 2 is 0.723 bits per heavy atom. The summed E-state index contributed by atoms with van der Waals surface area (Å²) in [7, 11) is 0. The van der Waals surface area contributed by atoms with Crippen LogP contribution in [-0.2, 0) is 14.3 Å². The molecule has 1 aliphatic heterocycles. The van der Waals surface area contributed by atoms with Crippen molar-refractivity contribution in [3.05, 3.63) is 36.5 Å². The van der Waals surface area contributed by atoms with Crippen LogP contribution in [0, 0.1) is 0 Å². The third-order valence-electron chi connectivity index (χ3n) is 17.4. The molecule has 0 bridgehead atoms. The second-order valence-electron chi connectivity index (χ2n) is 25.3. The Hall–Kier alpha value is -1.67.